The van der Waals surface area contributed by atoms with E-state index >= 15 is 0 Å². The van der Waals surface area contributed by atoms with Gasteiger partial charge in [0.05, 0.1) is 6.54 Å². The highest BCUT2D eigenvalue weighted by atomic mass is 16.2. The zero-order valence-electron chi connectivity index (χ0n) is 8.16. The maximum atomic E-state index is 11.4. The zero-order chi connectivity index (χ0) is 11.0. The number of rotatable bonds is 6. The summed E-state index contributed by atoms with van der Waals surface area (Å²) >= 11 is 0. The highest BCUT2D eigenvalue weighted by molar-refractivity contribution is 5.97. The molecule has 0 aromatic heterocycles. The maximum Gasteiger partial charge on any atom is 0.240 e. The van der Waals surface area contributed by atoms with Gasteiger partial charge in [0.15, 0.2) is 0 Å². The van der Waals surface area contributed by atoms with Crippen LogP contribution in [-0.2, 0) is 9.59 Å². The second kappa shape index (κ2) is 7.03. The topological polar surface area (TPSA) is 72.2 Å². The Morgan fingerprint density at radius 3 is 2.14 bits per heavy atom. The molecule has 0 bridgehead atoms. The molecule has 14 heavy (non-hydrogen) atoms. The quantitative estimate of drug-likeness (QED) is 0.602. The van der Waals surface area contributed by atoms with Gasteiger partial charge in [-0.15, -0.1) is 13.2 Å². The number of carbonyl (C=O) groups excluding carboxylic acids is 2. The molecule has 3 N–H and O–H groups in total. The molecular formula is C10H16N2O2. The fourth-order valence-electron chi connectivity index (χ4n) is 1.00. The van der Waals surface area contributed by atoms with Crippen LogP contribution in [0.15, 0.2) is 25.3 Å². The first-order valence-electron chi connectivity index (χ1n) is 4.41. The molecular weight excluding hydrogens is 180 g/mol. The minimum Gasteiger partial charge on any atom is -0.322 e. The fraction of sp³-hybridized carbons (Fsp3) is 0.400. The van der Waals surface area contributed by atoms with Crippen LogP contribution < -0.4 is 11.1 Å². The monoisotopic (exact) mass is 196 g/mol. The third-order valence-electron chi connectivity index (χ3n) is 1.72. The second-order valence-electron chi connectivity index (χ2n) is 2.86. The van der Waals surface area contributed by atoms with Crippen LogP contribution >= 0.6 is 0 Å². The summed E-state index contributed by atoms with van der Waals surface area (Å²) < 4.78 is 0. The molecule has 0 radical (unpaired) electrons. The molecule has 0 saturated heterocycles. The average Bonchev–Trinajstić information content (AvgIpc) is 2.17. The Balaban J connectivity index is 4.19. The van der Waals surface area contributed by atoms with Crippen LogP contribution in [0.2, 0.25) is 0 Å². The molecule has 0 aromatic carbocycles. The van der Waals surface area contributed by atoms with Gasteiger partial charge in [-0.25, -0.2) is 0 Å². The number of amides is 2. The van der Waals surface area contributed by atoms with E-state index in [0.717, 1.165) is 0 Å². The smallest absolute Gasteiger partial charge is 0.240 e. The van der Waals surface area contributed by atoms with Gasteiger partial charge >= 0.3 is 0 Å². The van der Waals surface area contributed by atoms with Crippen LogP contribution in [0.5, 0.6) is 0 Å². The normalized spacial score (nSPS) is 9.57. The van der Waals surface area contributed by atoms with Crippen molar-refractivity contribution in [1.29, 1.82) is 0 Å². The third-order valence-corrected chi connectivity index (χ3v) is 1.72. The summed E-state index contributed by atoms with van der Waals surface area (Å²) in [7, 11) is 0. The Hall–Kier alpha value is -1.42. The minimum atomic E-state index is -0.465. The van der Waals surface area contributed by atoms with Crippen molar-refractivity contribution < 1.29 is 9.59 Å². The number of carbonyl (C=O) groups is 2. The minimum absolute atomic E-state index is 0.180. The lowest BCUT2D eigenvalue weighted by Crippen LogP contribution is -2.39. The Kier molecular flexibility index (Phi) is 6.32. The maximum absolute atomic E-state index is 11.4. The summed E-state index contributed by atoms with van der Waals surface area (Å²) in [5.41, 5.74) is 5.06. The molecule has 4 heteroatoms. The molecule has 4 nitrogen and oxygen atoms in total. The van der Waals surface area contributed by atoms with Crippen LogP contribution in [0.4, 0.5) is 0 Å². The molecule has 0 saturated carbocycles. The van der Waals surface area contributed by atoms with Crippen molar-refractivity contribution in [2.24, 2.45) is 11.7 Å². The Morgan fingerprint density at radius 2 is 1.79 bits per heavy atom. The first-order valence-corrected chi connectivity index (χ1v) is 4.41. The molecule has 2 amide bonds. The fourth-order valence-corrected chi connectivity index (χ4v) is 1.00. The zero-order valence-corrected chi connectivity index (χ0v) is 8.16. The first-order chi connectivity index (χ1) is 6.65. The van der Waals surface area contributed by atoms with Crippen LogP contribution in [0, 0.1) is 5.92 Å². The van der Waals surface area contributed by atoms with Gasteiger partial charge in [-0.3, -0.25) is 14.9 Å². The Bertz CT molecular complexity index is 226. The number of imide groups is 1. The standard InChI is InChI=1S/C10H16N2O2/c1-3-5-8(6-4-2)10(14)12-9(13)7-11/h3-4,8H,1-2,5-7,11H2,(H,12,13,14). The number of hydrogen-bond acceptors (Lipinski definition) is 3. The highest BCUT2D eigenvalue weighted by Crippen LogP contribution is 2.09. The summed E-state index contributed by atoms with van der Waals surface area (Å²) in [6.07, 6.45) is 4.33. The summed E-state index contributed by atoms with van der Waals surface area (Å²) in [4.78, 5) is 22.2. The van der Waals surface area contributed by atoms with Crippen molar-refractivity contribution in [1.82, 2.24) is 5.32 Å². The van der Waals surface area contributed by atoms with Gasteiger partial charge in [-0.2, -0.15) is 0 Å². The van der Waals surface area contributed by atoms with Gasteiger partial charge in [-0.05, 0) is 12.8 Å². The number of nitrogens with two attached hydrogens (primary N) is 1. The average molecular weight is 196 g/mol. The highest BCUT2D eigenvalue weighted by Gasteiger charge is 2.16. The predicted molar refractivity (Wildman–Crippen MR) is 55.3 cm³/mol. The van der Waals surface area contributed by atoms with Gasteiger partial charge in [0, 0.05) is 5.92 Å². The molecule has 0 aliphatic heterocycles. The van der Waals surface area contributed by atoms with Crippen molar-refractivity contribution in [3.8, 4) is 0 Å². The van der Waals surface area contributed by atoms with Crippen molar-refractivity contribution in [3.05, 3.63) is 25.3 Å². The lowest BCUT2D eigenvalue weighted by molar-refractivity contribution is -0.132. The number of allylic oxidation sites excluding steroid dienone is 2. The summed E-state index contributed by atoms with van der Waals surface area (Å²) in [6, 6.07) is 0. The van der Waals surface area contributed by atoms with Gasteiger partial charge in [0.25, 0.3) is 0 Å². The SMILES string of the molecule is C=CCC(CC=C)C(=O)NC(=O)CN. The van der Waals surface area contributed by atoms with Crippen molar-refractivity contribution in [3.63, 3.8) is 0 Å². The van der Waals surface area contributed by atoms with E-state index < -0.39 is 5.91 Å². The molecule has 0 fully saturated rings. The molecule has 0 spiro atoms. The van der Waals surface area contributed by atoms with E-state index in [0.29, 0.717) is 12.8 Å². The number of hydrogen-bond donors (Lipinski definition) is 2. The Labute approximate surface area is 83.9 Å². The number of nitrogens with one attached hydrogen (secondary N) is 1. The van der Waals surface area contributed by atoms with E-state index in [2.05, 4.69) is 18.5 Å². The van der Waals surface area contributed by atoms with Gasteiger partial charge < -0.3 is 5.73 Å². The van der Waals surface area contributed by atoms with Crippen LogP contribution in [0.25, 0.3) is 0 Å². The van der Waals surface area contributed by atoms with Gasteiger partial charge in [0.1, 0.15) is 0 Å². The summed E-state index contributed by atoms with van der Waals surface area (Å²) in [6.45, 7) is 6.90. The summed E-state index contributed by atoms with van der Waals surface area (Å²) in [5.74, 6) is -1.06. The van der Waals surface area contributed by atoms with Crippen LogP contribution in [0.1, 0.15) is 12.8 Å². The Morgan fingerprint density at radius 1 is 1.29 bits per heavy atom. The van der Waals surface area contributed by atoms with E-state index in [1.165, 1.54) is 0 Å². The molecule has 0 aromatic rings. The summed E-state index contributed by atoms with van der Waals surface area (Å²) in [5, 5.41) is 2.20. The van der Waals surface area contributed by atoms with E-state index in [9.17, 15) is 9.59 Å². The van der Waals surface area contributed by atoms with Crippen LogP contribution in [-0.4, -0.2) is 18.4 Å². The van der Waals surface area contributed by atoms with Gasteiger partial charge in [0.2, 0.25) is 11.8 Å². The lowest BCUT2D eigenvalue weighted by atomic mass is 10.0. The lowest BCUT2D eigenvalue weighted by Gasteiger charge is -2.11. The molecule has 0 aliphatic carbocycles. The second-order valence-corrected chi connectivity index (χ2v) is 2.86. The van der Waals surface area contributed by atoms with Crippen molar-refractivity contribution in [2.45, 2.75) is 12.8 Å². The first kappa shape index (κ1) is 12.6. The molecule has 0 rings (SSSR count). The van der Waals surface area contributed by atoms with Crippen molar-refractivity contribution >= 4 is 11.8 Å². The van der Waals surface area contributed by atoms with E-state index in [1.807, 2.05) is 0 Å². The molecule has 0 aliphatic rings. The van der Waals surface area contributed by atoms with Crippen LogP contribution in [0.3, 0.4) is 0 Å². The molecule has 78 valence electrons. The third kappa shape index (κ3) is 4.57. The van der Waals surface area contributed by atoms with Crippen molar-refractivity contribution in [2.75, 3.05) is 6.54 Å². The largest absolute Gasteiger partial charge is 0.322 e. The van der Waals surface area contributed by atoms with E-state index in [-0.39, 0.29) is 18.4 Å². The van der Waals surface area contributed by atoms with Gasteiger partial charge in [-0.1, -0.05) is 12.2 Å². The molecule has 0 unspecified atom stereocenters. The van der Waals surface area contributed by atoms with E-state index in [1.54, 1.807) is 12.2 Å². The van der Waals surface area contributed by atoms with E-state index in [4.69, 9.17) is 5.73 Å². The predicted octanol–water partition coefficient (Wildman–Crippen LogP) is 0.356. The molecule has 0 atom stereocenters. The molecule has 0 heterocycles.